The van der Waals surface area contributed by atoms with Crippen LogP contribution in [0.2, 0.25) is 0 Å². The van der Waals surface area contributed by atoms with Gasteiger partial charge in [0, 0.05) is 23.7 Å². The van der Waals surface area contributed by atoms with Gasteiger partial charge in [-0.15, -0.1) is 0 Å². The molecule has 8 heteroatoms. The molecule has 1 aromatic heterocycles. The van der Waals surface area contributed by atoms with Gasteiger partial charge in [-0.1, -0.05) is 0 Å². The van der Waals surface area contributed by atoms with E-state index in [1.165, 1.54) is 7.11 Å². The van der Waals surface area contributed by atoms with Gasteiger partial charge in [0.05, 0.1) is 27.0 Å². The maximum atomic E-state index is 12.7. The van der Waals surface area contributed by atoms with Crippen LogP contribution >= 0.6 is 0 Å². The van der Waals surface area contributed by atoms with E-state index in [4.69, 9.17) is 18.9 Å². The average Bonchev–Trinajstić information content (AvgIpc) is 2.78. The summed E-state index contributed by atoms with van der Waals surface area (Å²) < 4.78 is 23.5. The van der Waals surface area contributed by atoms with Crippen LogP contribution in [0.4, 0.5) is 0 Å². The van der Waals surface area contributed by atoms with Crippen LogP contribution in [-0.2, 0) is 13.0 Å². The lowest BCUT2D eigenvalue weighted by atomic mass is 9.97. The number of fused-ring (bicyclic) bond motifs is 3. The molecule has 0 radical (unpaired) electrons. The van der Waals surface area contributed by atoms with Crippen LogP contribution in [0.25, 0.3) is 11.3 Å². The van der Waals surface area contributed by atoms with E-state index in [0.717, 1.165) is 11.1 Å². The van der Waals surface area contributed by atoms with E-state index >= 15 is 0 Å². The predicted octanol–water partition coefficient (Wildman–Crippen LogP) is 3.10. The van der Waals surface area contributed by atoms with Crippen molar-refractivity contribution in [3.63, 3.8) is 0 Å². The molecule has 2 aromatic carbocycles. The molecule has 4 rings (SSSR count). The van der Waals surface area contributed by atoms with Gasteiger partial charge in [0.15, 0.2) is 23.0 Å². The van der Waals surface area contributed by atoms with Crippen LogP contribution in [0, 0.1) is 0 Å². The fourth-order valence-electron chi connectivity index (χ4n) is 3.53. The van der Waals surface area contributed by atoms with E-state index in [0.29, 0.717) is 53.5 Å². The number of methoxy groups -OCH3 is 3. The molecule has 0 N–H and O–H groups in total. The molecule has 30 heavy (non-hydrogen) atoms. The molecule has 0 atom stereocenters. The number of aromatic nitrogens is 2. The Morgan fingerprint density at radius 2 is 1.63 bits per heavy atom. The lowest BCUT2D eigenvalue weighted by molar-refractivity contribution is 0.112. The van der Waals surface area contributed by atoms with Gasteiger partial charge in [0.1, 0.15) is 6.29 Å². The summed E-state index contributed by atoms with van der Waals surface area (Å²) in [4.78, 5) is 27.7. The topological polar surface area (TPSA) is 88.9 Å². The molecule has 0 unspecified atom stereocenters. The first-order valence-corrected chi connectivity index (χ1v) is 9.26. The summed E-state index contributed by atoms with van der Waals surface area (Å²) in [7, 11) is 4.63. The highest BCUT2D eigenvalue weighted by Crippen LogP contribution is 2.39. The van der Waals surface area contributed by atoms with E-state index in [1.807, 2.05) is 12.1 Å². The zero-order chi connectivity index (χ0) is 21.3. The summed E-state index contributed by atoms with van der Waals surface area (Å²) >= 11 is 0. The van der Waals surface area contributed by atoms with Crippen LogP contribution < -0.4 is 24.6 Å². The van der Waals surface area contributed by atoms with E-state index in [2.05, 4.69) is 4.98 Å². The fourth-order valence-corrected chi connectivity index (χ4v) is 3.53. The van der Waals surface area contributed by atoms with Crippen molar-refractivity contribution in [3.05, 3.63) is 58.0 Å². The largest absolute Gasteiger partial charge is 0.493 e. The molecule has 2 heterocycles. The first kappa shape index (κ1) is 19.5. The molecule has 1 aliphatic heterocycles. The van der Waals surface area contributed by atoms with E-state index in [9.17, 15) is 9.59 Å². The number of hydrogen-bond acceptors (Lipinski definition) is 7. The minimum absolute atomic E-state index is 0.131. The summed E-state index contributed by atoms with van der Waals surface area (Å²) in [6.45, 7) is 0.501. The number of nitrogens with zero attached hydrogens (tertiary/aromatic N) is 2. The van der Waals surface area contributed by atoms with Crippen molar-refractivity contribution in [2.24, 2.45) is 0 Å². The molecule has 0 aliphatic carbocycles. The number of carbonyl (C=O) groups is 1. The summed E-state index contributed by atoms with van der Waals surface area (Å²) in [5.74, 6) is 2.06. The second-order valence-corrected chi connectivity index (χ2v) is 6.66. The molecule has 8 nitrogen and oxygen atoms in total. The second kappa shape index (κ2) is 7.90. The molecule has 0 bridgehead atoms. The van der Waals surface area contributed by atoms with Crippen molar-refractivity contribution in [1.82, 2.24) is 9.55 Å². The van der Waals surface area contributed by atoms with E-state index in [1.54, 1.807) is 43.1 Å². The van der Waals surface area contributed by atoms with Gasteiger partial charge in [0.25, 0.3) is 0 Å². The van der Waals surface area contributed by atoms with E-state index < -0.39 is 5.69 Å². The first-order valence-electron chi connectivity index (χ1n) is 9.26. The van der Waals surface area contributed by atoms with Crippen LogP contribution in [0.5, 0.6) is 28.9 Å². The lowest BCUT2D eigenvalue weighted by Crippen LogP contribution is -2.28. The Morgan fingerprint density at radius 3 is 2.33 bits per heavy atom. The van der Waals surface area contributed by atoms with Crippen LogP contribution in [0.1, 0.15) is 15.9 Å². The van der Waals surface area contributed by atoms with Crippen molar-refractivity contribution in [2.45, 2.75) is 13.0 Å². The number of aldehydes is 1. The maximum Gasteiger partial charge on any atom is 0.351 e. The Labute approximate surface area is 172 Å². The Bertz CT molecular complexity index is 1180. The molecular weight excluding hydrogens is 388 g/mol. The number of aryl methyl sites for hydroxylation is 1. The van der Waals surface area contributed by atoms with Crippen molar-refractivity contribution >= 4 is 6.29 Å². The highest BCUT2D eigenvalue weighted by Gasteiger charge is 2.22. The molecule has 0 fully saturated rings. The first-order chi connectivity index (χ1) is 14.6. The summed E-state index contributed by atoms with van der Waals surface area (Å²) in [6, 6.07) is 10.2. The van der Waals surface area contributed by atoms with E-state index in [-0.39, 0.29) is 5.88 Å². The summed E-state index contributed by atoms with van der Waals surface area (Å²) in [6.07, 6.45) is 1.39. The Kier molecular flexibility index (Phi) is 5.14. The van der Waals surface area contributed by atoms with Crippen molar-refractivity contribution in [3.8, 4) is 40.1 Å². The Hall–Kier alpha value is -3.81. The van der Waals surface area contributed by atoms with Crippen LogP contribution in [-0.4, -0.2) is 37.2 Å². The normalized spacial score (nSPS) is 11.8. The molecule has 3 aromatic rings. The number of hydrogen-bond donors (Lipinski definition) is 0. The number of benzene rings is 2. The third-order valence-corrected chi connectivity index (χ3v) is 5.02. The molecule has 154 valence electrons. The quantitative estimate of drug-likeness (QED) is 0.579. The SMILES string of the molecule is COc1cc2c(cc1OC)-c1cc(Oc3ccc(C=O)cc3OC)nc(=O)n1CC2. The van der Waals surface area contributed by atoms with Gasteiger partial charge in [-0.05, 0) is 42.3 Å². The molecule has 0 saturated heterocycles. The average molecular weight is 408 g/mol. The van der Waals surface area contributed by atoms with Gasteiger partial charge in [0.2, 0.25) is 5.88 Å². The minimum atomic E-state index is -0.411. The minimum Gasteiger partial charge on any atom is -0.493 e. The van der Waals surface area contributed by atoms with Crippen LogP contribution in [0.15, 0.2) is 41.2 Å². The van der Waals surface area contributed by atoms with Crippen molar-refractivity contribution in [1.29, 1.82) is 0 Å². The third-order valence-electron chi connectivity index (χ3n) is 5.02. The fraction of sp³-hybridized carbons (Fsp3) is 0.227. The number of rotatable bonds is 6. The smallest absolute Gasteiger partial charge is 0.351 e. The Morgan fingerprint density at radius 1 is 0.933 bits per heavy atom. The molecular formula is C22H20N2O6. The standard InChI is InChI=1S/C22H20N2O6/c1-27-18-8-13(12-25)4-5-17(18)30-21-11-16-15-10-20(29-3)19(28-2)9-14(15)6-7-24(16)22(26)23-21/h4-5,8-12H,6-7H2,1-3H3. The zero-order valence-electron chi connectivity index (χ0n) is 16.8. The second-order valence-electron chi connectivity index (χ2n) is 6.66. The van der Waals surface area contributed by atoms with Gasteiger partial charge in [-0.3, -0.25) is 9.36 Å². The summed E-state index contributed by atoms with van der Waals surface area (Å²) in [5.41, 5.74) is 2.61. The van der Waals surface area contributed by atoms with Crippen molar-refractivity contribution < 1.29 is 23.7 Å². The number of carbonyl (C=O) groups excluding carboxylic acids is 1. The lowest BCUT2D eigenvalue weighted by Gasteiger charge is -2.23. The highest BCUT2D eigenvalue weighted by atomic mass is 16.5. The molecule has 0 spiro atoms. The van der Waals surface area contributed by atoms with Gasteiger partial charge in [-0.25, -0.2) is 4.79 Å². The summed E-state index contributed by atoms with van der Waals surface area (Å²) in [5, 5.41) is 0. The van der Waals surface area contributed by atoms with Gasteiger partial charge < -0.3 is 18.9 Å². The molecule has 1 aliphatic rings. The predicted molar refractivity (Wildman–Crippen MR) is 109 cm³/mol. The number of ether oxygens (including phenoxy) is 4. The Balaban J connectivity index is 1.80. The zero-order valence-corrected chi connectivity index (χ0v) is 16.8. The molecule has 0 saturated carbocycles. The van der Waals surface area contributed by atoms with Gasteiger partial charge in [-0.2, -0.15) is 4.98 Å². The maximum absolute atomic E-state index is 12.7. The van der Waals surface area contributed by atoms with Gasteiger partial charge >= 0.3 is 5.69 Å². The van der Waals surface area contributed by atoms with Crippen molar-refractivity contribution in [2.75, 3.05) is 21.3 Å². The van der Waals surface area contributed by atoms with Crippen LogP contribution in [0.3, 0.4) is 0 Å². The molecule has 0 amide bonds. The highest BCUT2D eigenvalue weighted by molar-refractivity contribution is 5.76. The monoisotopic (exact) mass is 408 g/mol. The third kappa shape index (κ3) is 3.36.